The van der Waals surface area contributed by atoms with Gasteiger partial charge in [0.05, 0.1) is 21.5 Å². The summed E-state index contributed by atoms with van der Waals surface area (Å²) in [4.78, 5) is 0. The van der Waals surface area contributed by atoms with Crippen LogP contribution in [0.3, 0.4) is 0 Å². The highest BCUT2D eigenvalue weighted by atomic mass is 16.7. The molecule has 14 heavy (non-hydrogen) atoms. The summed E-state index contributed by atoms with van der Waals surface area (Å²) in [7, 11) is 0. The van der Waals surface area contributed by atoms with Crippen LogP contribution >= 0.6 is 0 Å². The van der Waals surface area contributed by atoms with Crippen LogP contribution < -0.4 is 0 Å². The third kappa shape index (κ3) is 1.47. The maximum atomic E-state index is 10.2. The Balaban J connectivity index is 2.33. The number of hydrogen-bond donors (Lipinski definition) is 1. The van der Waals surface area contributed by atoms with Crippen LogP contribution in [0.25, 0.3) is 0 Å². The molecule has 2 saturated heterocycles. The molecule has 2 fully saturated rings. The first-order chi connectivity index (χ1) is 7.07. The van der Waals surface area contributed by atoms with Gasteiger partial charge in [0, 0.05) is 5.92 Å². The van der Waals surface area contributed by atoms with Gasteiger partial charge >= 0.3 is 0 Å². The summed E-state index contributed by atoms with van der Waals surface area (Å²) in [5, 5.41) is 10.2. The van der Waals surface area contributed by atoms with Crippen LogP contribution in [0.15, 0.2) is 0 Å². The Labute approximate surface area is 88.2 Å². The van der Waals surface area contributed by atoms with E-state index in [2.05, 4.69) is 20.8 Å². The standard InChI is InChI=1S/C11H20O3/c1-6-9(12)8-7(11(2,3)4)5-13-10(8)14-6/h6-10,12H,5H2,1-4H3/i6D,9D. The van der Waals surface area contributed by atoms with Gasteiger partial charge in [-0.25, -0.2) is 0 Å². The molecular formula is C11H20O3. The number of hydrogen-bond acceptors (Lipinski definition) is 3. The zero-order valence-electron chi connectivity index (χ0n) is 11.2. The van der Waals surface area contributed by atoms with Crippen molar-refractivity contribution < 1.29 is 17.3 Å². The van der Waals surface area contributed by atoms with Crippen LogP contribution in [-0.2, 0) is 9.47 Å². The van der Waals surface area contributed by atoms with Crippen molar-refractivity contribution in [3.63, 3.8) is 0 Å². The monoisotopic (exact) mass is 202 g/mol. The van der Waals surface area contributed by atoms with Crippen molar-refractivity contribution in [2.24, 2.45) is 17.3 Å². The highest BCUT2D eigenvalue weighted by Crippen LogP contribution is 2.46. The van der Waals surface area contributed by atoms with Gasteiger partial charge in [-0.1, -0.05) is 20.8 Å². The molecule has 0 radical (unpaired) electrons. The van der Waals surface area contributed by atoms with Gasteiger partial charge in [-0.3, -0.25) is 0 Å². The maximum absolute atomic E-state index is 10.2. The molecule has 2 aliphatic heterocycles. The predicted molar refractivity (Wildman–Crippen MR) is 52.7 cm³/mol. The minimum atomic E-state index is -1.91. The predicted octanol–water partition coefficient (Wildman–Crippen LogP) is 1.40. The average Bonchev–Trinajstić information content (AvgIpc) is 2.51. The van der Waals surface area contributed by atoms with Crippen molar-refractivity contribution >= 4 is 0 Å². The molecule has 0 bridgehead atoms. The van der Waals surface area contributed by atoms with E-state index in [1.807, 2.05) is 0 Å². The molecule has 0 aliphatic carbocycles. The van der Waals surface area contributed by atoms with Crippen molar-refractivity contribution in [1.29, 1.82) is 0 Å². The average molecular weight is 202 g/mol. The lowest BCUT2D eigenvalue weighted by atomic mass is 9.73. The lowest BCUT2D eigenvalue weighted by Gasteiger charge is -2.31. The van der Waals surface area contributed by atoms with Crippen molar-refractivity contribution in [2.45, 2.75) is 46.1 Å². The van der Waals surface area contributed by atoms with Crippen molar-refractivity contribution in [3.8, 4) is 0 Å². The first-order valence-electron chi connectivity index (χ1n) is 6.09. The van der Waals surface area contributed by atoms with Crippen molar-refractivity contribution in [2.75, 3.05) is 6.61 Å². The Morgan fingerprint density at radius 1 is 1.43 bits per heavy atom. The molecule has 0 aromatic carbocycles. The van der Waals surface area contributed by atoms with E-state index < -0.39 is 24.4 Å². The molecule has 2 aliphatic rings. The molecule has 0 saturated carbocycles. The Bertz CT molecular complexity index is 296. The van der Waals surface area contributed by atoms with Crippen LogP contribution in [0.2, 0.25) is 0 Å². The second kappa shape index (κ2) is 3.19. The second-order valence-electron chi connectivity index (χ2n) is 5.26. The number of ether oxygens (including phenoxy) is 2. The Hall–Kier alpha value is -0.120. The fraction of sp³-hybridized carbons (Fsp3) is 1.00. The van der Waals surface area contributed by atoms with Gasteiger partial charge in [-0.05, 0) is 18.3 Å². The van der Waals surface area contributed by atoms with Gasteiger partial charge in [-0.2, -0.15) is 0 Å². The Morgan fingerprint density at radius 2 is 2.07 bits per heavy atom. The lowest BCUT2D eigenvalue weighted by Crippen LogP contribution is -2.35. The van der Waals surface area contributed by atoms with E-state index >= 15 is 0 Å². The third-order valence-corrected chi connectivity index (χ3v) is 3.25. The molecule has 5 atom stereocenters. The van der Waals surface area contributed by atoms with Gasteiger partial charge in [0.2, 0.25) is 0 Å². The zero-order chi connectivity index (χ0) is 12.4. The summed E-state index contributed by atoms with van der Waals surface area (Å²) < 4.78 is 26.6. The largest absolute Gasteiger partial charge is 0.390 e. The van der Waals surface area contributed by atoms with Crippen molar-refractivity contribution in [3.05, 3.63) is 0 Å². The van der Waals surface area contributed by atoms with Crippen LogP contribution in [-0.4, -0.2) is 30.2 Å². The van der Waals surface area contributed by atoms with E-state index in [0.717, 1.165) is 0 Å². The van der Waals surface area contributed by atoms with E-state index in [9.17, 15) is 5.11 Å². The summed E-state index contributed by atoms with van der Waals surface area (Å²) in [6.45, 7) is 8.06. The van der Waals surface area contributed by atoms with E-state index in [4.69, 9.17) is 12.2 Å². The summed E-state index contributed by atoms with van der Waals surface area (Å²) >= 11 is 0. The topological polar surface area (TPSA) is 38.7 Å². The fourth-order valence-electron chi connectivity index (χ4n) is 2.28. The third-order valence-electron chi connectivity index (χ3n) is 3.25. The molecule has 0 spiro atoms. The number of fused-ring (bicyclic) bond motifs is 1. The highest BCUT2D eigenvalue weighted by molar-refractivity contribution is 4.96. The first-order valence-corrected chi connectivity index (χ1v) is 5.09. The maximum Gasteiger partial charge on any atom is 0.163 e. The molecule has 2 rings (SSSR count). The van der Waals surface area contributed by atoms with E-state index in [1.165, 1.54) is 6.92 Å². The van der Waals surface area contributed by atoms with Crippen LogP contribution in [0.1, 0.15) is 30.4 Å². The van der Waals surface area contributed by atoms with Crippen LogP contribution in [0.4, 0.5) is 0 Å². The molecule has 3 nitrogen and oxygen atoms in total. The molecule has 1 N–H and O–H groups in total. The van der Waals surface area contributed by atoms with Gasteiger partial charge in [0.25, 0.3) is 0 Å². The highest BCUT2D eigenvalue weighted by Gasteiger charge is 2.53. The van der Waals surface area contributed by atoms with Gasteiger partial charge in [0.1, 0.15) is 0 Å². The van der Waals surface area contributed by atoms with Gasteiger partial charge in [-0.15, -0.1) is 0 Å². The molecule has 0 aromatic rings. The second-order valence-corrected chi connectivity index (χ2v) is 5.26. The molecule has 82 valence electrons. The van der Waals surface area contributed by atoms with E-state index in [1.54, 1.807) is 0 Å². The first kappa shape index (κ1) is 8.08. The Morgan fingerprint density at radius 3 is 2.64 bits per heavy atom. The van der Waals surface area contributed by atoms with Gasteiger partial charge in [0.15, 0.2) is 6.29 Å². The van der Waals surface area contributed by atoms with Gasteiger partial charge < -0.3 is 14.6 Å². The molecule has 3 heteroatoms. The molecular weight excluding hydrogens is 180 g/mol. The van der Waals surface area contributed by atoms with Crippen LogP contribution in [0.5, 0.6) is 0 Å². The smallest absolute Gasteiger partial charge is 0.163 e. The minimum absolute atomic E-state index is 0.0344. The quantitative estimate of drug-likeness (QED) is 0.645. The Kier molecular flexibility index (Phi) is 1.84. The normalized spacial score (nSPS) is 60.8. The molecule has 2 heterocycles. The van der Waals surface area contributed by atoms with Crippen molar-refractivity contribution in [1.82, 2.24) is 0 Å². The van der Waals surface area contributed by atoms with E-state index in [-0.39, 0.29) is 11.3 Å². The lowest BCUT2D eigenvalue weighted by molar-refractivity contribution is -0.115. The number of aliphatic hydroxyl groups is 1. The zero-order valence-corrected chi connectivity index (χ0v) is 9.20. The summed E-state index contributed by atoms with van der Waals surface area (Å²) in [6.07, 6.45) is -4.15. The summed E-state index contributed by atoms with van der Waals surface area (Å²) in [5.41, 5.74) is -0.0712. The summed E-state index contributed by atoms with van der Waals surface area (Å²) in [6, 6.07) is 0. The minimum Gasteiger partial charge on any atom is -0.390 e. The summed E-state index contributed by atoms with van der Waals surface area (Å²) in [5.74, 6) is -0.415. The fourth-order valence-corrected chi connectivity index (χ4v) is 2.28. The molecule has 5 unspecified atom stereocenters. The SMILES string of the molecule is [2H]C1(C)OC2OCC(C(C)(C)C)C2C1([2H])O. The number of rotatable bonds is 0. The molecule has 0 amide bonds. The van der Waals surface area contributed by atoms with Crippen LogP contribution in [0, 0.1) is 17.3 Å². The molecule has 0 aromatic heterocycles. The van der Waals surface area contributed by atoms with E-state index in [0.29, 0.717) is 6.61 Å².